The lowest BCUT2D eigenvalue weighted by molar-refractivity contribution is -0.121. The number of nitrogens with one attached hydrogen (secondary N) is 2. The second kappa shape index (κ2) is 6.36. The highest BCUT2D eigenvalue weighted by Gasteiger charge is 2.14. The lowest BCUT2D eigenvalue weighted by Crippen LogP contribution is -2.41. The van der Waals surface area contributed by atoms with Crippen LogP contribution >= 0.6 is 0 Å². The van der Waals surface area contributed by atoms with Crippen LogP contribution < -0.4 is 10.6 Å². The lowest BCUT2D eigenvalue weighted by atomic mass is 10.4. The zero-order valence-electron chi connectivity index (χ0n) is 8.91. The van der Waals surface area contributed by atoms with Crippen molar-refractivity contribution in [2.75, 3.05) is 39.8 Å². The van der Waals surface area contributed by atoms with Crippen LogP contribution in [0.1, 0.15) is 6.42 Å². The summed E-state index contributed by atoms with van der Waals surface area (Å²) in [5.74, 6) is -0.316. The monoisotopic (exact) mass is 215 g/mol. The number of imide groups is 1. The number of alkyl carbamates (subject to hydrolysis) is 1. The fourth-order valence-electron chi connectivity index (χ4n) is 1.47. The van der Waals surface area contributed by atoms with Gasteiger partial charge in [0.2, 0.25) is 5.91 Å². The molecular weight excluding hydrogens is 198 g/mol. The Morgan fingerprint density at radius 1 is 1.40 bits per heavy atom. The number of amides is 2. The largest absolute Gasteiger partial charge is 0.453 e. The number of rotatable bonds is 2. The molecule has 15 heavy (non-hydrogen) atoms. The minimum atomic E-state index is -0.701. The highest BCUT2D eigenvalue weighted by atomic mass is 16.5. The van der Waals surface area contributed by atoms with E-state index in [0.717, 1.165) is 32.6 Å². The molecule has 1 rings (SSSR count). The Morgan fingerprint density at radius 3 is 2.93 bits per heavy atom. The first kappa shape index (κ1) is 11.9. The number of methoxy groups -OCH3 is 1. The minimum Gasteiger partial charge on any atom is -0.453 e. The summed E-state index contributed by atoms with van der Waals surface area (Å²) in [7, 11) is 1.23. The molecule has 0 aromatic heterocycles. The van der Waals surface area contributed by atoms with Crippen LogP contribution in [0.5, 0.6) is 0 Å². The molecule has 0 bridgehead atoms. The average molecular weight is 215 g/mol. The van der Waals surface area contributed by atoms with Crippen LogP contribution in [0.25, 0.3) is 0 Å². The van der Waals surface area contributed by atoms with Gasteiger partial charge in [-0.2, -0.15) is 0 Å². The van der Waals surface area contributed by atoms with Crippen molar-refractivity contribution in [3.8, 4) is 0 Å². The third kappa shape index (κ3) is 4.75. The van der Waals surface area contributed by atoms with Gasteiger partial charge in [0.25, 0.3) is 0 Å². The third-order valence-electron chi connectivity index (χ3n) is 2.23. The van der Waals surface area contributed by atoms with Gasteiger partial charge in [-0.05, 0) is 19.5 Å². The summed E-state index contributed by atoms with van der Waals surface area (Å²) in [5, 5.41) is 5.37. The molecule has 2 amide bonds. The minimum absolute atomic E-state index is 0.247. The standard InChI is InChI=1S/C9H17N3O3/c1-15-9(14)11-8(13)7-12-5-2-3-10-4-6-12/h10H,2-7H2,1H3,(H,11,13,14). The van der Waals surface area contributed by atoms with Crippen LogP contribution in [0.4, 0.5) is 4.79 Å². The zero-order chi connectivity index (χ0) is 11.1. The van der Waals surface area contributed by atoms with Crippen LogP contribution in [0, 0.1) is 0 Å². The van der Waals surface area contributed by atoms with E-state index in [1.54, 1.807) is 0 Å². The van der Waals surface area contributed by atoms with Crippen molar-refractivity contribution in [3.05, 3.63) is 0 Å². The predicted molar refractivity (Wildman–Crippen MR) is 54.5 cm³/mol. The van der Waals surface area contributed by atoms with Gasteiger partial charge in [-0.3, -0.25) is 15.0 Å². The van der Waals surface area contributed by atoms with Gasteiger partial charge in [0.1, 0.15) is 0 Å². The van der Waals surface area contributed by atoms with Crippen LogP contribution in [0.3, 0.4) is 0 Å². The molecule has 0 aliphatic carbocycles. The number of carbonyl (C=O) groups is 2. The molecule has 0 saturated carbocycles. The topological polar surface area (TPSA) is 70.7 Å². The predicted octanol–water partition coefficient (Wildman–Crippen LogP) is -0.836. The van der Waals surface area contributed by atoms with Crippen molar-refractivity contribution < 1.29 is 14.3 Å². The van der Waals surface area contributed by atoms with E-state index in [1.807, 2.05) is 4.90 Å². The quantitative estimate of drug-likeness (QED) is 0.629. The SMILES string of the molecule is COC(=O)NC(=O)CN1CCCNCC1. The summed E-state index contributed by atoms with van der Waals surface area (Å²) >= 11 is 0. The molecule has 0 atom stereocenters. The first-order valence-corrected chi connectivity index (χ1v) is 5.03. The molecule has 6 heteroatoms. The summed E-state index contributed by atoms with van der Waals surface area (Å²) in [6.45, 7) is 3.81. The average Bonchev–Trinajstić information content (AvgIpc) is 2.46. The van der Waals surface area contributed by atoms with Gasteiger partial charge < -0.3 is 10.1 Å². The Morgan fingerprint density at radius 2 is 2.20 bits per heavy atom. The zero-order valence-corrected chi connectivity index (χ0v) is 8.91. The van der Waals surface area contributed by atoms with E-state index in [9.17, 15) is 9.59 Å². The van der Waals surface area contributed by atoms with E-state index in [1.165, 1.54) is 7.11 Å². The molecule has 1 fully saturated rings. The van der Waals surface area contributed by atoms with Crippen LogP contribution in [-0.2, 0) is 9.53 Å². The second-order valence-corrected chi connectivity index (χ2v) is 3.42. The van der Waals surface area contributed by atoms with Crippen molar-refractivity contribution in [1.82, 2.24) is 15.5 Å². The van der Waals surface area contributed by atoms with Gasteiger partial charge >= 0.3 is 6.09 Å². The number of nitrogens with zero attached hydrogens (tertiary/aromatic N) is 1. The van der Waals surface area contributed by atoms with Crippen LogP contribution in [0.15, 0.2) is 0 Å². The van der Waals surface area contributed by atoms with E-state index >= 15 is 0 Å². The fraction of sp³-hybridized carbons (Fsp3) is 0.778. The van der Waals surface area contributed by atoms with Crippen molar-refractivity contribution in [2.24, 2.45) is 0 Å². The maximum atomic E-state index is 11.3. The molecule has 0 unspecified atom stereocenters. The Bertz CT molecular complexity index is 225. The Kier molecular flexibility index (Phi) is 5.06. The van der Waals surface area contributed by atoms with Crippen molar-refractivity contribution in [2.45, 2.75) is 6.42 Å². The number of carbonyl (C=O) groups excluding carboxylic acids is 2. The van der Waals surface area contributed by atoms with Gasteiger partial charge in [-0.25, -0.2) is 4.79 Å². The van der Waals surface area contributed by atoms with Gasteiger partial charge in [0.05, 0.1) is 13.7 Å². The van der Waals surface area contributed by atoms with Crippen molar-refractivity contribution >= 4 is 12.0 Å². The molecule has 86 valence electrons. The molecule has 6 nitrogen and oxygen atoms in total. The number of hydrogen-bond acceptors (Lipinski definition) is 5. The highest BCUT2D eigenvalue weighted by Crippen LogP contribution is 1.94. The van der Waals surface area contributed by atoms with Gasteiger partial charge in [0, 0.05) is 13.1 Å². The molecule has 1 heterocycles. The molecule has 0 aromatic rings. The summed E-state index contributed by atoms with van der Waals surface area (Å²) in [6.07, 6.45) is 0.318. The second-order valence-electron chi connectivity index (χ2n) is 3.42. The normalized spacial score (nSPS) is 17.9. The fourth-order valence-corrected chi connectivity index (χ4v) is 1.47. The summed E-state index contributed by atoms with van der Waals surface area (Å²) in [5.41, 5.74) is 0. The lowest BCUT2D eigenvalue weighted by Gasteiger charge is -2.17. The van der Waals surface area contributed by atoms with Crippen LogP contribution in [-0.4, -0.2) is 56.7 Å². The molecule has 0 spiro atoms. The van der Waals surface area contributed by atoms with E-state index in [2.05, 4.69) is 15.4 Å². The Hall–Kier alpha value is -1.14. The maximum absolute atomic E-state index is 11.3. The summed E-state index contributed by atoms with van der Waals surface area (Å²) < 4.78 is 4.33. The molecule has 1 aliphatic heterocycles. The third-order valence-corrected chi connectivity index (χ3v) is 2.23. The molecule has 1 saturated heterocycles. The van der Waals surface area contributed by atoms with Crippen molar-refractivity contribution in [1.29, 1.82) is 0 Å². The molecule has 1 aliphatic rings. The van der Waals surface area contributed by atoms with E-state index in [4.69, 9.17) is 0 Å². The Labute approximate surface area is 88.9 Å². The first-order valence-electron chi connectivity index (χ1n) is 5.03. The summed E-state index contributed by atoms with van der Waals surface area (Å²) in [6, 6.07) is 0. The molecule has 0 aromatic carbocycles. The van der Waals surface area contributed by atoms with Crippen molar-refractivity contribution in [3.63, 3.8) is 0 Å². The highest BCUT2D eigenvalue weighted by molar-refractivity contribution is 5.92. The summed E-state index contributed by atoms with van der Waals surface area (Å²) in [4.78, 5) is 24.1. The first-order chi connectivity index (χ1) is 7.22. The molecule has 0 radical (unpaired) electrons. The van der Waals surface area contributed by atoms with Gasteiger partial charge in [-0.1, -0.05) is 0 Å². The van der Waals surface area contributed by atoms with Gasteiger partial charge in [0.15, 0.2) is 0 Å². The van der Waals surface area contributed by atoms with E-state index < -0.39 is 6.09 Å². The molecular formula is C9H17N3O3. The number of ether oxygens (including phenoxy) is 1. The maximum Gasteiger partial charge on any atom is 0.413 e. The van der Waals surface area contributed by atoms with Crippen LogP contribution in [0.2, 0.25) is 0 Å². The van der Waals surface area contributed by atoms with E-state index in [0.29, 0.717) is 0 Å². The van der Waals surface area contributed by atoms with E-state index in [-0.39, 0.29) is 12.5 Å². The Balaban J connectivity index is 2.26. The van der Waals surface area contributed by atoms with Gasteiger partial charge in [-0.15, -0.1) is 0 Å². The molecule has 2 N–H and O–H groups in total. The smallest absolute Gasteiger partial charge is 0.413 e. The number of hydrogen-bond donors (Lipinski definition) is 2.